The average molecular weight is 325 g/mol. The van der Waals surface area contributed by atoms with E-state index in [1.807, 2.05) is 6.07 Å². The van der Waals surface area contributed by atoms with Crippen molar-refractivity contribution in [2.45, 2.75) is 25.6 Å². The molecular weight excluding hydrogens is 302 g/mol. The van der Waals surface area contributed by atoms with Gasteiger partial charge in [0, 0.05) is 38.4 Å². The molecule has 126 valence electrons. The van der Waals surface area contributed by atoms with E-state index in [1.165, 1.54) is 5.56 Å². The van der Waals surface area contributed by atoms with Crippen LogP contribution in [0.15, 0.2) is 48.7 Å². The third-order valence-electron chi connectivity index (χ3n) is 4.64. The molecule has 0 saturated carbocycles. The molecule has 1 aliphatic heterocycles. The van der Waals surface area contributed by atoms with Crippen molar-refractivity contribution in [3.63, 3.8) is 0 Å². The van der Waals surface area contributed by atoms with E-state index in [0.29, 0.717) is 23.8 Å². The summed E-state index contributed by atoms with van der Waals surface area (Å²) >= 11 is 0. The van der Waals surface area contributed by atoms with Crippen LogP contribution in [0.1, 0.15) is 28.0 Å². The summed E-state index contributed by atoms with van der Waals surface area (Å²) in [6, 6.07) is 14.2. The lowest BCUT2D eigenvalue weighted by molar-refractivity contribution is 0.0693. The molecule has 0 unspecified atom stereocenters. The SMILES string of the molecule is CN(Cc1ncccc1C(=O)O)[C@@H]1CCN(Cc2ccccc2)C1. The summed E-state index contributed by atoms with van der Waals surface area (Å²) in [5, 5.41) is 9.28. The van der Waals surface area contributed by atoms with E-state index in [0.717, 1.165) is 26.1 Å². The molecule has 1 N–H and O–H groups in total. The van der Waals surface area contributed by atoms with Crippen LogP contribution in [-0.2, 0) is 13.1 Å². The standard InChI is InChI=1S/C19H23N3O2/c1-21(14-18-17(19(23)24)8-5-10-20-18)16-9-11-22(13-16)12-15-6-3-2-4-7-15/h2-8,10,16H,9,11-14H2,1H3,(H,23,24)/t16-/m1/s1. The van der Waals surface area contributed by atoms with Crippen LogP contribution in [0.5, 0.6) is 0 Å². The molecule has 0 radical (unpaired) electrons. The van der Waals surface area contributed by atoms with Gasteiger partial charge in [0.1, 0.15) is 0 Å². The minimum absolute atomic E-state index is 0.295. The van der Waals surface area contributed by atoms with E-state index in [-0.39, 0.29) is 0 Å². The van der Waals surface area contributed by atoms with Gasteiger partial charge in [0.05, 0.1) is 11.3 Å². The zero-order chi connectivity index (χ0) is 16.9. The zero-order valence-corrected chi connectivity index (χ0v) is 13.9. The molecule has 0 bridgehead atoms. The molecule has 1 atom stereocenters. The van der Waals surface area contributed by atoms with E-state index >= 15 is 0 Å². The molecule has 1 saturated heterocycles. The second-order valence-electron chi connectivity index (χ2n) is 6.38. The maximum Gasteiger partial charge on any atom is 0.337 e. The van der Waals surface area contributed by atoms with Crippen molar-refractivity contribution in [1.29, 1.82) is 0 Å². The molecule has 0 aliphatic carbocycles. The topological polar surface area (TPSA) is 56.7 Å². The second-order valence-corrected chi connectivity index (χ2v) is 6.38. The van der Waals surface area contributed by atoms with Gasteiger partial charge in [-0.15, -0.1) is 0 Å². The molecule has 0 amide bonds. The van der Waals surface area contributed by atoms with Gasteiger partial charge in [-0.05, 0) is 31.2 Å². The quantitative estimate of drug-likeness (QED) is 0.884. The fourth-order valence-corrected chi connectivity index (χ4v) is 3.28. The highest BCUT2D eigenvalue weighted by Gasteiger charge is 2.26. The molecule has 2 aromatic rings. The van der Waals surface area contributed by atoms with Crippen LogP contribution in [0.3, 0.4) is 0 Å². The summed E-state index contributed by atoms with van der Waals surface area (Å²) in [6.07, 6.45) is 2.75. The number of carboxylic acid groups (broad SMARTS) is 1. The highest BCUT2D eigenvalue weighted by Crippen LogP contribution is 2.19. The Balaban J connectivity index is 1.59. The third-order valence-corrected chi connectivity index (χ3v) is 4.64. The Morgan fingerprint density at radius 2 is 2.08 bits per heavy atom. The van der Waals surface area contributed by atoms with Crippen LogP contribution in [0.4, 0.5) is 0 Å². The van der Waals surface area contributed by atoms with Gasteiger partial charge < -0.3 is 5.11 Å². The summed E-state index contributed by atoms with van der Waals surface area (Å²) in [5.41, 5.74) is 2.26. The molecule has 1 aromatic carbocycles. The molecule has 5 nitrogen and oxygen atoms in total. The van der Waals surface area contributed by atoms with Gasteiger partial charge in [-0.1, -0.05) is 30.3 Å². The Hall–Kier alpha value is -2.24. The average Bonchev–Trinajstić information content (AvgIpc) is 3.05. The first-order valence-corrected chi connectivity index (χ1v) is 8.27. The minimum Gasteiger partial charge on any atom is -0.478 e. The molecule has 3 rings (SSSR count). The number of pyridine rings is 1. The Kier molecular flexibility index (Phi) is 5.23. The molecular formula is C19H23N3O2. The first-order valence-electron chi connectivity index (χ1n) is 8.27. The number of hydrogen-bond acceptors (Lipinski definition) is 4. The number of benzene rings is 1. The second kappa shape index (κ2) is 7.55. The van der Waals surface area contributed by atoms with Gasteiger partial charge in [-0.25, -0.2) is 4.79 Å². The first-order chi connectivity index (χ1) is 11.6. The maximum atomic E-state index is 11.3. The largest absolute Gasteiger partial charge is 0.478 e. The summed E-state index contributed by atoms with van der Waals surface area (Å²) in [6.45, 7) is 3.60. The van der Waals surface area contributed by atoms with Crippen molar-refractivity contribution < 1.29 is 9.90 Å². The fraction of sp³-hybridized carbons (Fsp3) is 0.368. The summed E-state index contributed by atoms with van der Waals surface area (Å²) in [7, 11) is 2.05. The number of nitrogens with zero attached hydrogens (tertiary/aromatic N) is 3. The fourth-order valence-electron chi connectivity index (χ4n) is 3.28. The number of rotatable bonds is 6. The molecule has 24 heavy (non-hydrogen) atoms. The smallest absolute Gasteiger partial charge is 0.337 e. The molecule has 0 spiro atoms. The highest BCUT2D eigenvalue weighted by molar-refractivity contribution is 5.88. The van der Waals surface area contributed by atoms with Crippen LogP contribution in [0.25, 0.3) is 0 Å². The van der Waals surface area contributed by atoms with Crippen LogP contribution < -0.4 is 0 Å². The van der Waals surface area contributed by atoms with Gasteiger partial charge in [0.25, 0.3) is 0 Å². The number of carbonyl (C=O) groups is 1. The Labute approximate surface area is 142 Å². The Bertz CT molecular complexity index is 690. The summed E-state index contributed by atoms with van der Waals surface area (Å²) in [5.74, 6) is -0.913. The van der Waals surface area contributed by atoms with E-state index in [2.05, 4.69) is 46.1 Å². The van der Waals surface area contributed by atoms with Gasteiger partial charge in [0.2, 0.25) is 0 Å². The first kappa shape index (κ1) is 16.6. The summed E-state index contributed by atoms with van der Waals surface area (Å²) < 4.78 is 0. The predicted molar refractivity (Wildman–Crippen MR) is 92.8 cm³/mol. The molecule has 1 aromatic heterocycles. The van der Waals surface area contributed by atoms with Crippen molar-refractivity contribution in [3.05, 3.63) is 65.5 Å². The predicted octanol–water partition coefficient (Wildman–Crippen LogP) is 2.49. The van der Waals surface area contributed by atoms with Crippen LogP contribution in [0, 0.1) is 0 Å². The van der Waals surface area contributed by atoms with E-state index < -0.39 is 5.97 Å². The van der Waals surface area contributed by atoms with Crippen LogP contribution in [-0.4, -0.2) is 52.0 Å². The normalized spacial score (nSPS) is 18.2. The van der Waals surface area contributed by atoms with Crippen molar-refractivity contribution in [2.24, 2.45) is 0 Å². The van der Waals surface area contributed by atoms with Crippen LogP contribution in [0.2, 0.25) is 0 Å². The lowest BCUT2D eigenvalue weighted by Gasteiger charge is -2.25. The molecule has 1 aliphatic rings. The van der Waals surface area contributed by atoms with Gasteiger partial charge >= 0.3 is 5.97 Å². The van der Waals surface area contributed by atoms with E-state index in [9.17, 15) is 9.90 Å². The number of likely N-dealkylation sites (N-methyl/N-ethyl adjacent to an activating group) is 1. The van der Waals surface area contributed by atoms with Crippen LogP contribution >= 0.6 is 0 Å². The Morgan fingerprint density at radius 1 is 1.29 bits per heavy atom. The third kappa shape index (κ3) is 3.99. The monoisotopic (exact) mass is 325 g/mol. The van der Waals surface area contributed by atoms with E-state index in [1.54, 1.807) is 18.3 Å². The molecule has 5 heteroatoms. The minimum atomic E-state index is -0.913. The number of likely N-dealkylation sites (tertiary alicyclic amines) is 1. The van der Waals surface area contributed by atoms with Gasteiger partial charge in [-0.3, -0.25) is 14.8 Å². The number of carboxylic acids is 1. The summed E-state index contributed by atoms with van der Waals surface area (Å²) in [4.78, 5) is 20.2. The number of aromatic carboxylic acids is 1. The van der Waals surface area contributed by atoms with Crippen molar-refractivity contribution in [2.75, 3.05) is 20.1 Å². The number of hydrogen-bond donors (Lipinski definition) is 1. The number of aromatic nitrogens is 1. The highest BCUT2D eigenvalue weighted by atomic mass is 16.4. The van der Waals surface area contributed by atoms with E-state index in [4.69, 9.17) is 0 Å². The van der Waals surface area contributed by atoms with Gasteiger partial charge in [0.15, 0.2) is 0 Å². The van der Waals surface area contributed by atoms with Crippen molar-refractivity contribution in [1.82, 2.24) is 14.8 Å². The van der Waals surface area contributed by atoms with Crippen molar-refractivity contribution in [3.8, 4) is 0 Å². The lowest BCUT2D eigenvalue weighted by Crippen LogP contribution is -2.34. The maximum absolute atomic E-state index is 11.3. The molecule has 2 heterocycles. The lowest BCUT2D eigenvalue weighted by atomic mass is 10.1. The molecule has 1 fully saturated rings. The van der Waals surface area contributed by atoms with Crippen molar-refractivity contribution >= 4 is 5.97 Å². The Morgan fingerprint density at radius 3 is 2.83 bits per heavy atom. The zero-order valence-electron chi connectivity index (χ0n) is 13.9. The van der Waals surface area contributed by atoms with Gasteiger partial charge in [-0.2, -0.15) is 0 Å².